The third kappa shape index (κ3) is 4.95. The van der Waals surface area contributed by atoms with Gasteiger partial charge in [-0.25, -0.2) is 0 Å². The molecule has 2 aliphatic rings. The molecule has 4 heteroatoms. The predicted molar refractivity (Wildman–Crippen MR) is 214 cm³/mol. The molecule has 0 saturated carbocycles. The lowest BCUT2D eigenvalue weighted by Gasteiger charge is -2.25. The fourth-order valence-corrected chi connectivity index (χ4v) is 7.82. The van der Waals surface area contributed by atoms with Gasteiger partial charge in [-0.05, 0) is 68.3 Å². The van der Waals surface area contributed by atoms with Crippen LogP contribution in [0.1, 0.15) is 28.4 Å². The van der Waals surface area contributed by atoms with Gasteiger partial charge in [-0.15, -0.1) is 0 Å². The first-order valence-corrected chi connectivity index (χ1v) is 17.6. The monoisotopic (exact) mass is 654 g/mol. The van der Waals surface area contributed by atoms with E-state index < -0.39 is 0 Å². The number of benzene rings is 7. The minimum Gasteiger partial charge on any atom is -0.387 e. The summed E-state index contributed by atoms with van der Waals surface area (Å²) in [5.41, 5.74) is 11.3. The number of nitrogens with one attached hydrogen (secondary N) is 2. The van der Waals surface area contributed by atoms with Crippen LogP contribution in [0.2, 0.25) is 0 Å². The molecule has 0 spiro atoms. The van der Waals surface area contributed by atoms with Gasteiger partial charge in [0.15, 0.2) is 0 Å². The van der Waals surface area contributed by atoms with Gasteiger partial charge in [0, 0.05) is 40.3 Å². The van der Waals surface area contributed by atoms with Crippen LogP contribution in [0.4, 0.5) is 0 Å². The highest BCUT2D eigenvalue weighted by molar-refractivity contribution is 6.32. The summed E-state index contributed by atoms with van der Waals surface area (Å²) < 4.78 is 2.44. The summed E-state index contributed by atoms with van der Waals surface area (Å²) in [5.74, 6) is 0. The number of dihydropyridines is 1. The molecular weight excluding hydrogens is 621 g/mol. The van der Waals surface area contributed by atoms with Crippen LogP contribution in [-0.2, 0) is 0 Å². The molecule has 1 atom stereocenters. The Balaban J connectivity index is 1.10. The molecule has 51 heavy (non-hydrogen) atoms. The van der Waals surface area contributed by atoms with Gasteiger partial charge in [0.25, 0.3) is 0 Å². The molecule has 1 unspecified atom stereocenters. The van der Waals surface area contributed by atoms with Crippen LogP contribution >= 0.6 is 0 Å². The van der Waals surface area contributed by atoms with E-state index in [4.69, 9.17) is 4.99 Å². The van der Waals surface area contributed by atoms with Gasteiger partial charge in [-0.2, -0.15) is 0 Å². The van der Waals surface area contributed by atoms with E-state index in [1.165, 1.54) is 54.5 Å². The van der Waals surface area contributed by atoms with E-state index in [9.17, 15) is 0 Å². The van der Waals surface area contributed by atoms with Gasteiger partial charge in [-0.1, -0.05) is 146 Å². The average Bonchev–Trinajstić information content (AvgIpc) is 3.57. The fourth-order valence-electron chi connectivity index (χ4n) is 7.82. The SMILES string of the molecule is C1=CC(c2ccc(C3=CC(c4ccc(-n5c6ccccc6c6c7ccccc7c7ccccc7c65)cc4)=NC(c4ccccc4)N3)cc2)=CNC1. The van der Waals surface area contributed by atoms with Crippen molar-refractivity contribution in [3.05, 3.63) is 198 Å². The molecule has 10 rings (SSSR count). The highest BCUT2D eigenvalue weighted by Crippen LogP contribution is 2.42. The second kappa shape index (κ2) is 12.0. The highest BCUT2D eigenvalue weighted by Gasteiger charge is 2.21. The van der Waals surface area contributed by atoms with Crippen molar-refractivity contribution in [3.8, 4) is 5.69 Å². The molecule has 0 saturated heterocycles. The first-order chi connectivity index (χ1) is 25.3. The molecule has 0 amide bonds. The highest BCUT2D eigenvalue weighted by atomic mass is 15.1. The van der Waals surface area contributed by atoms with Crippen LogP contribution < -0.4 is 10.6 Å². The quantitative estimate of drug-likeness (QED) is 0.181. The molecule has 4 nitrogen and oxygen atoms in total. The van der Waals surface area contributed by atoms with Crippen molar-refractivity contribution in [2.24, 2.45) is 4.99 Å². The molecule has 2 N–H and O–H groups in total. The van der Waals surface area contributed by atoms with Gasteiger partial charge >= 0.3 is 0 Å². The zero-order chi connectivity index (χ0) is 33.7. The number of fused-ring (bicyclic) bond motifs is 8. The Kier molecular flexibility index (Phi) is 6.91. The summed E-state index contributed by atoms with van der Waals surface area (Å²) in [7, 11) is 0. The van der Waals surface area contributed by atoms with Crippen molar-refractivity contribution in [2.45, 2.75) is 6.17 Å². The van der Waals surface area contributed by atoms with E-state index >= 15 is 0 Å². The number of aromatic nitrogens is 1. The molecule has 0 bridgehead atoms. The number of aliphatic imine (C=N–C) groups is 1. The molecule has 3 heterocycles. The number of nitrogens with zero attached hydrogens (tertiary/aromatic N) is 2. The normalized spacial score (nSPS) is 15.8. The average molecular weight is 655 g/mol. The van der Waals surface area contributed by atoms with Gasteiger partial charge in [-0.3, -0.25) is 4.99 Å². The van der Waals surface area contributed by atoms with E-state index in [0.717, 1.165) is 40.3 Å². The zero-order valence-electron chi connectivity index (χ0n) is 27.9. The number of hydrogen-bond acceptors (Lipinski definition) is 3. The Morgan fingerprint density at radius 3 is 1.94 bits per heavy atom. The van der Waals surface area contributed by atoms with Crippen LogP contribution in [-0.4, -0.2) is 16.8 Å². The standard InChI is InChI=1S/C47H34N4/c1-2-11-34(12-3-1)47-49-42(32-22-20-31(21-23-32)35-13-10-28-48-30-35)29-43(50-47)33-24-26-36(27-25-33)51-44-19-9-8-18-41(44)45-39-16-6-4-14-37(39)38-15-5-7-17-40(38)46(45)51/h1-27,29-30,47-49H,28H2. The maximum Gasteiger partial charge on any atom is 0.145 e. The Morgan fingerprint density at radius 1 is 0.569 bits per heavy atom. The van der Waals surface area contributed by atoms with Crippen molar-refractivity contribution in [1.82, 2.24) is 15.2 Å². The molecule has 8 aromatic rings. The smallest absolute Gasteiger partial charge is 0.145 e. The Morgan fingerprint density at radius 2 is 1.20 bits per heavy atom. The van der Waals surface area contributed by atoms with Crippen LogP contribution in [0, 0.1) is 0 Å². The van der Waals surface area contributed by atoms with Gasteiger partial charge in [0.1, 0.15) is 6.17 Å². The topological polar surface area (TPSA) is 41.4 Å². The Bertz CT molecular complexity index is 2750. The molecule has 0 radical (unpaired) electrons. The number of hydrogen-bond donors (Lipinski definition) is 2. The largest absolute Gasteiger partial charge is 0.387 e. The summed E-state index contributed by atoms with van der Waals surface area (Å²) >= 11 is 0. The van der Waals surface area contributed by atoms with Gasteiger partial charge in [0.2, 0.25) is 0 Å². The molecular formula is C47H34N4. The molecule has 1 aromatic heterocycles. The lowest BCUT2D eigenvalue weighted by Crippen LogP contribution is -2.24. The summed E-state index contributed by atoms with van der Waals surface area (Å²) in [5, 5.41) is 14.7. The minimum atomic E-state index is -0.203. The number of para-hydroxylation sites is 1. The maximum atomic E-state index is 5.25. The van der Waals surface area contributed by atoms with Crippen LogP contribution in [0.3, 0.4) is 0 Å². The molecule has 242 valence electrons. The van der Waals surface area contributed by atoms with Crippen molar-refractivity contribution < 1.29 is 0 Å². The summed E-state index contributed by atoms with van der Waals surface area (Å²) in [4.78, 5) is 5.25. The summed E-state index contributed by atoms with van der Waals surface area (Å²) in [6, 6.07) is 54.6. The minimum absolute atomic E-state index is 0.203. The summed E-state index contributed by atoms with van der Waals surface area (Å²) in [6.07, 6.45) is 8.39. The van der Waals surface area contributed by atoms with Crippen molar-refractivity contribution in [2.75, 3.05) is 6.54 Å². The summed E-state index contributed by atoms with van der Waals surface area (Å²) in [6.45, 7) is 0.870. The van der Waals surface area contributed by atoms with E-state index in [0.29, 0.717) is 0 Å². The lowest BCUT2D eigenvalue weighted by atomic mass is 9.97. The van der Waals surface area contributed by atoms with E-state index in [1.54, 1.807) is 0 Å². The number of allylic oxidation sites excluding steroid dienone is 3. The fraction of sp³-hybridized carbons (Fsp3) is 0.0426. The van der Waals surface area contributed by atoms with Crippen molar-refractivity contribution in [1.29, 1.82) is 0 Å². The van der Waals surface area contributed by atoms with Crippen LogP contribution in [0.15, 0.2) is 181 Å². The first-order valence-electron chi connectivity index (χ1n) is 17.6. The van der Waals surface area contributed by atoms with Gasteiger partial charge < -0.3 is 15.2 Å². The molecule has 0 fully saturated rings. The Labute approximate surface area is 296 Å². The van der Waals surface area contributed by atoms with Crippen molar-refractivity contribution in [3.63, 3.8) is 0 Å². The molecule has 0 aliphatic carbocycles. The van der Waals surface area contributed by atoms with E-state index in [2.05, 4.69) is 191 Å². The third-order valence-electron chi connectivity index (χ3n) is 10.2. The van der Waals surface area contributed by atoms with E-state index in [1.807, 2.05) is 0 Å². The zero-order valence-corrected chi connectivity index (χ0v) is 27.9. The second-order valence-corrected chi connectivity index (χ2v) is 13.2. The molecule has 2 aliphatic heterocycles. The van der Waals surface area contributed by atoms with Crippen LogP contribution in [0.25, 0.3) is 60.3 Å². The van der Waals surface area contributed by atoms with E-state index in [-0.39, 0.29) is 6.17 Å². The molecule has 7 aromatic carbocycles. The van der Waals surface area contributed by atoms with Crippen LogP contribution in [0.5, 0.6) is 0 Å². The second-order valence-electron chi connectivity index (χ2n) is 13.2. The first kappa shape index (κ1) is 29.3. The predicted octanol–water partition coefficient (Wildman–Crippen LogP) is 10.7. The Hall–Kier alpha value is -6.65. The van der Waals surface area contributed by atoms with Gasteiger partial charge in [0.05, 0.1) is 16.7 Å². The lowest BCUT2D eigenvalue weighted by molar-refractivity contribution is 0.664. The number of rotatable bonds is 5. The van der Waals surface area contributed by atoms with Crippen molar-refractivity contribution >= 4 is 60.3 Å². The third-order valence-corrected chi connectivity index (χ3v) is 10.2. The maximum absolute atomic E-state index is 5.25.